The summed E-state index contributed by atoms with van der Waals surface area (Å²) in [7, 11) is 7.65. The lowest BCUT2D eigenvalue weighted by Crippen LogP contribution is -2.05. The van der Waals surface area contributed by atoms with Gasteiger partial charge in [0.05, 0.1) is 23.5 Å². The Bertz CT molecular complexity index is 1260. The maximum absolute atomic E-state index is 6.23. The number of halogens is 1. The first-order valence-electron chi connectivity index (χ1n) is 10.3. The number of hydrogen-bond acceptors (Lipinski definition) is 4. The average molecular weight is 444 g/mol. The molecule has 1 aliphatic rings. The number of nitrogens with two attached hydrogens (primary N) is 1. The zero-order chi connectivity index (χ0) is 22.7. The third kappa shape index (κ3) is 4.52. The molecule has 0 atom stereocenters. The average Bonchev–Trinajstić information content (AvgIpc) is 3.51. The summed E-state index contributed by atoms with van der Waals surface area (Å²) in [4.78, 5) is 4.82. The van der Waals surface area contributed by atoms with Gasteiger partial charge in [0, 0.05) is 16.8 Å². The van der Waals surface area contributed by atoms with E-state index in [1.54, 1.807) is 11.6 Å². The van der Waals surface area contributed by atoms with Crippen molar-refractivity contribution in [1.29, 1.82) is 0 Å². The van der Waals surface area contributed by atoms with Crippen LogP contribution in [0.3, 0.4) is 0 Å². The molecule has 2 radical (unpaired) electrons. The van der Waals surface area contributed by atoms with Gasteiger partial charge in [-0.25, -0.2) is 4.99 Å². The first-order valence-corrected chi connectivity index (χ1v) is 10.6. The summed E-state index contributed by atoms with van der Waals surface area (Å²) in [6.45, 7) is 2.56. The molecule has 160 valence electrons. The van der Waals surface area contributed by atoms with Gasteiger partial charge in [0.2, 0.25) is 7.98 Å². The first-order chi connectivity index (χ1) is 15.5. The van der Waals surface area contributed by atoms with Crippen LogP contribution in [0.4, 0.5) is 0 Å². The van der Waals surface area contributed by atoms with E-state index >= 15 is 0 Å². The van der Waals surface area contributed by atoms with E-state index in [9.17, 15) is 0 Å². The topological polar surface area (TPSA) is 65.7 Å². The lowest BCUT2D eigenvalue weighted by atomic mass is 10.0. The molecule has 7 heteroatoms. The molecule has 3 aromatic rings. The highest BCUT2D eigenvalue weighted by Crippen LogP contribution is 2.32. The van der Waals surface area contributed by atoms with Crippen molar-refractivity contribution in [2.75, 3.05) is 13.7 Å². The molecular formula is C25H23BClN3O2. The SMILES string of the molecule is [B]n1cccc1C(CCN)=C1N=C(C=Cc2ccc(-c3ccc(OC)c(Cl)c3)o2)C=C1C. The Morgan fingerprint density at radius 2 is 2.09 bits per heavy atom. The van der Waals surface area contributed by atoms with Crippen LogP contribution in [-0.2, 0) is 0 Å². The zero-order valence-electron chi connectivity index (χ0n) is 18.0. The molecule has 4 rings (SSSR count). The zero-order valence-corrected chi connectivity index (χ0v) is 18.8. The van der Waals surface area contributed by atoms with Crippen molar-refractivity contribution in [2.24, 2.45) is 10.7 Å². The van der Waals surface area contributed by atoms with E-state index in [2.05, 4.69) is 0 Å². The summed E-state index contributed by atoms with van der Waals surface area (Å²) in [6, 6.07) is 13.3. The van der Waals surface area contributed by atoms with E-state index in [0.29, 0.717) is 23.7 Å². The van der Waals surface area contributed by atoms with Gasteiger partial charge in [0.1, 0.15) is 17.3 Å². The maximum Gasteiger partial charge on any atom is 0.234 e. The number of methoxy groups -OCH3 is 1. The predicted octanol–water partition coefficient (Wildman–Crippen LogP) is 5.52. The van der Waals surface area contributed by atoms with Gasteiger partial charge in [-0.15, -0.1) is 0 Å². The number of aromatic nitrogens is 1. The number of hydrogen-bond donors (Lipinski definition) is 1. The second-order valence-corrected chi connectivity index (χ2v) is 7.82. The van der Waals surface area contributed by atoms with Crippen molar-refractivity contribution in [2.45, 2.75) is 13.3 Å². The largest absolute Gasteiger partial charge is 0.495 e. The molecule has 0 aliphatic carbocycles. The molecule has 0 spiro atoms. The van der Waals surface area contributed by atoms with E-state index < -0.39 is 0 Å². The number of ether oxygens (including phenoxy) is 1. The van der Waals surface area contributed by atoms with Crippen LogP contribution in [0.1, 0.15) is 24.8 Å². The van der Waals surface area contributed by atoms with Gasteiger partial charge >= 0.3 is 0 Å². The second kappa shape index (κ2) is 9.51. The van der Waals surface area contributed by atoms with Crippen LogP contribution in [0.2, 0.25) is 5.02 Å². The van der Waals surface area contributed by atoms with Gasteiger partial charge < -0.3 is 19.4 Å². The normalized spacial score (nSPS) is 15.2. The van der Waals surface area contributed by atoms with Crippen LogP contribution in [-0.4, -0.2) is 31.8 Å². The van der Waals surface area contributed by atoms with Crippen LogP contribution >= 0.6 is 11.6 Å². The summed E-state index contributed by atoms with van der Waals surface area (Å²) in [5.41, 5.74) is 11.5. The Balaban J connectivity index is 1.58. The van der Waals surface area contributed by atoms with E-state index in [1.165, 1.54) is 0 Å². The highest BCUT2D eigenvalue weighted by Gasteiger charge is 2.17. The summed E-state index contributed by atoms with van der Waals surface area (Å²) in [5.74, 6) is 2.07. The predicted molar refractivity (Wildman–Crippen MR) is 132 cm³/mol. The van der Waals surface area contributed by atoms with Crippen LogP contribution in [0.25, 0.3) is 23.0 Å². The van der Waals surface area contributed by atoms with E-state index in [1.807, 2.05) is 73.8 Å². The molecule has 1 aliphatic heterocycles. The Morgan fingerprint density at radius 3 is 2.78 bits per heavy atom. The molecule has 0 saturated carbocycles. The molecule has 2 N–H and O–H groups in total. The minimum atomic E-state index is 0.516. The van der Waals surface area contributed by atoms with Crippen LogP contribution < -0.4 is 10.5 Å². The molecule has 0 amide bonds. The van der Waals surface area contributed by atoms with Gasteiger partial charge in [-0.2, -0.15) is 0 Å². The molecule has 5 nitrogen and oxygen atoms in total. The monoisotopic (exact) mass is 443 g/mol. The van der Waals surface area contributed by atoms with Crippen molar-refractivity contribution in [3.63, 3.8) is 0 Å². The quantitative estimate of drug-likeness (QED) is 0.489. The molecule has 0 fully saturated rings. The Kier molecular flexibility index (Phi) is 6.54. The lowest BCUT2D eigenvalue weighted by molar-refractivity contribution is 0.415. The number of benzene rings is 1. The smallest absolute Gasteiger partial charge is 0.234 e. The second-order valence-electron chi connectivity index (χ2n) is 7.42. The molecule has 2 aromatic heterocycles. The van der Waals surface area contributed by atoms with Crippen LogP contribution in [0.15, 0.2) is 81.5 Å². The highest BCUT2D eigenvalue weighted by molar-refractivity contribution is 6.32. The number of rotatable bonds is 7. The van der Waals surface area contributed by atoms with Crippen LogP contribution in [0.5, 0.6) is 5.75 Å². The molecule has 0 bridgehead atoms. The standard InChI is InChI=1S/C25H23BClN3O2/c1-16-14-18(29-25(16)20(11-12-28)22-4-3-13-30(22)26)6-7-19-8-10-23(32-19)17-5-9-24(31-2)21(27)15-17/h3-10,13-15H,11-12,28H2,1-2H3. The van der Waals surface area contributed by atoms with E-state index in [-0.39, 0.29) is 0 Å². The first kappa shape index (κ1) is 22.0. The summed E-state index contributed by atoms with van der Waals surface area (Å²) in [5, 5.41) is 0.538. The number of furan rings is 1. The van der Waals surface area contributed by atoms with E-state index in [0.717, 1.165) is 45.3 Å². The van der Waals surface area contributed by atoms with Crippen LogP contribution in [0, 0.1) is 0 Å². The molecule has 3 heterocycles. The minimum Gasteiger partial charge on any atom is -0.495 e. The third-order valence-corrected chi connectivity index (χ3v) is 5.52. The molecular weight excluding hydrogens is 421 g/mol. The Labute approximate surface area is 194 Å². The van der Waals surface area contributed by atoms with Gasteiger partial charge in [-0.3, -0.25) is 0 Å². The van der Waals surface area contributed by atoms with E-state index in [4.69, 9.17) is 39.5 Å². The van der Waals surface area contributed by atoms with Gasteiger partial charge in [0.15, 0.2) is 0 Å². The fraction of sp³-hybridized carbons (Fsp3) is 0.160. The van der Waals surface area contributed by atoms with Gasteiger partial charge in [-0.05, 0) is 92.4 Å². The van der Waals surface area contributed by atoms with Crippen molar-refractivity contribution < 1.29 is 9.15 Å². The third-order valence-electron chi connectivity index (χ3n) is 5.23. The Hall–Kier alpha value is -3.22. The maximum atomic E-state index is 6.23. The number of aliphatic imine (C=N–C) groups is 1. The van der Waals surface area contributed by atoms with Crippen molar-refractivity contribution in [3.05, 3.63) is 88.6 Å². The van der Waals surface area contributed by atoms with Gasteiger partial charge in [-0.1, -0.05) is 11.6 Å². The lowest BCUT2D eigenvalue weighted by Gasteiger charge is -2.11. The number of nitrogens with zero attached hydrogens (tertiary/aromatic N) is 2. The van der Waals surface area contributed by atoms with Crippen molar-refractivity contribution in [1.82, 2.24) is 4.48 Å². The molecule has 0 unspecified atom stereocenters. The van der Waals surface area contributed by atoms with Crippen molar-refractivity contribution in [3.8, 4) is 17.1 Å². The van der Waals surface area contributed by atoms with Gasteiger partial charge in [0.25, 0.3) is 0 Å². The number of allylic oxidation sites excluding steroid dienone is 3. The summed E-state index contributed by atoms with van der Waals surface area (Å²) >= 11 is 6.23. The summed E-state index contributed by atoms with van der Waals surface area (Å²) in [6.07, 6.45) is 8.37. The molecule has 32 heavy (non-hydrogen) atoms. The van der Waals surface area contributed by atoms with Crippen molar-refractivity contribution >= 4 is 36.9 Å². The fourth-order valence-corrected chi connectivity index (χ4v) is 3.93. The fourth-order valence-electron chi connectivity index (χ4n) is 3.68. The molecule has 1 aromatic carbocycles. The Morgan fingerprint density at radius 1 is 1.25 bits per heavy atom. The minimum absolute atomic E-state index is 0.516. The summed E-state index contributed by atoms with van der Waals surface area (Å²) < 4.78 is 12.8. The highest BCUT2D eigenvalue weighted by atomic mass is 35.5. The molecule has 0 saturated heterocycles.